The summed E-state index contributed by atoms with van der Waals surface area (Å²) in [6.45, 7) is 0. The minimum Gasteiger partial charge on any atom is -0.396 e. The maximum absolute atomic E-state index is 13.9. The van der Waals surface area contributed by atoms with Gasteiger partial charge >= 0.3 is 0 Å². The van der Waals surface area contributed by atoms with E-state index in [1.165, 1.54) is 12.3 Å². The predicted molar refractivity (Wildman–Crippen MR) is 88.9 cm³/mol. The summed E-state index contributed by atoms with van der Waals surface area (Å²) < 4.78 is 26.9. The molecule has 3 rings (SSSR count). The molecule has 0 saturated heterocycles. The van der Waals surface area contributed by atoms with E-state index in [2.05, 4.69) is 4.98 Å². The van der Waals surface area contributed by atoms with Crippen LogP contribution in [0.15, 0.2) is 54.7 Å². The Balaban J connectivity index is 2.09. The van der Waals surface area contributed by atoms with Crippen molar-refractivity contribution < 1.29 is 13.6 Å². The number of halogens is 3. The summed E-state index contributed by atoms with van der Waals surface area (Å²) in [6, 6.07) is 11.0. The van der Waals surface area contributed by atoms with Gasteiger partial charge in [0, 0.05) is 28.4 Å². The summed E-state index contributed by atoms with van der Waals surface area (Å²) in [5.41, 5.74) is 7.00. The summed E-state index contributed by atoms with van der Waals surface area (Å²) in [5, 5.41) is 0.495. The Morgan fingerprint density at radius 2 is 1.83 bits per heavy atom. The van der Waals surface area contributed by atoms with Crippen molar-refractivity contribution in [1.29, 1.82) is 0 Å². The van der Waals surface area contributed by atoms with Gasteiger partial charge in [-0.2, -0.15) is 0 Å². The number of aromatic nitrogens is 1. The number of carbonyl (C=O) groups is 1. The van der Waals surface area contributed by atoms with E-state index >= 15 is 0 Å². The Morgan fingerprint density at radius 1 is 1.04 bits per heavy atom. The van der Waals surface area contributed by atoms with Crippen molar-refractivity contribution in [3.05, 3.63) is 82.5 Å². The highest BCUT2D eigenvalue weighted by atomic mass is 35.5. The topological polar surface area (TPSA) is 56.0 Å². The van der Waals surface area contributed by atoms with Crippen molar-refractivity contribution in [3.8, 4) is 11.3 Å². The molecule has 0 fully saturated rings. The summed E-state index contributed by atoms with van der Waals surface area (Å²) in [7, 11) is 0. The largest absolute Gasteiger partial charge is 0.396 e. The van der Waals surface area contributed by atoms with Crippen LogP contribution in [0.25, 0.3) is 11.3 Å². The summed E-state index contributed by atoms with van der Waals surface area (Å²) >= 11 is 5.96. The maximum Gasteiger partial charge on any atom is 0.198 e. The monoisotopic (exact) mass is 344 g/mol. The third-order valence-corrected chi connectivity index (χ3v) is 3.74. The number of pyridine rings is 1. The lowest BCUT2D eigenvalue weighted by Gasteiger charge is -2.10. The van der Waals surface area contributed by atoms with Gasteiger partial charge in [0.2, 0.25) is 0 Å². The second-order valence-corrected chi connectivity index (χ2v) is 5.52. The first-order chi connectivity index (χ1) is 11.5. The Bertz CT molecular complexity index is 944. The highest BCUT2D eigenvalue weighted by molar-refractivity contribution is 6.30. The number of nitrogens with two attached hydrogens (primary N) is 1. The molecule has 0 aliphatic rings. The van der Waals surface area contributed by atoms with E-state index in [1.807, 2.05) is 0 Å². The predicted octanol–water partition coefficient (Wildman–Crippen LogP) is 4.49. The van der Waals surface area contributed by atoms with Crippen LogP contribution in [-0.2, 0) is 0 Å². The fourth-order valence-corrected chi connectivity index (χ4v) is 2.55. The molecular weight excluding hydrogens is 334 g/mol. The summed E-state index contributed by atoms with van der Waals surface area (Å²) in [4.78, 5) is 16.7. The summed E-state index contributed by atoms with van der Waals surface area (Å²) in [5.74, 6) is -2.34. The molecule has 2 N–H and O–H groups in total. The number of nitrogen functional groups attached to an aromatic ring is 1. The molecule has 1 aromatic heterocycles. The molecule has 0 radical (unpaired) electrons. The molecule has 24 heavy (non-hydrogen) atoms. The summed E-state index contributed by atoms with van der Waals surface area (Å²) in [6.07, 6.45) is 1.40. The normalized spacial score (nSPS) is 10.6. The number of hydrogen-bond acceptors (Lipinski definition) is 3. The quantitative estimate of drug-likeness (QED) is 0.712. The molecule has 0 bridgehead atoms. The Hall–Kier alpha value is -2.79. The van der Waals surface area contributed by atoms with Gasteiger partial charge in [0.05, 0.1) is 16.9 Å². The average molecular weight is 345 g/mol. The van der Waals surface area contributed by atoms with Gasteiger partial charge in [-0.25, -0.2) is 8.78 Å². The second-order valence-electron chi connectivity index (χ2n) is 5.08. The molecule has 2 aromatic carbocycles. The van der Waals surface area contributed by atoms with Crippen LogP contribution in [0.3, 0.4) is 0 Å². The van der Waals surface area contributed by atoms with Crippen molar-refractivity contribution >= 4 is 23.1 Å². The van der Waals surface area contributed by atoms with Crippen molar-refractivity contribution in [2.75, 3.05) is 5.73 Å². The molecule has 0 aliphatic heterocycles. The molecular formula is C18H11ClF2N2O. The standard InChI is InChI=1S/C18H11ClF2N2O/c19-11-3-1-2-10(8-11)17-16(22)14(6-7-23-17)18(24)13-5-4-12(20)9-15(13)21/h1-9H,22H2. The number of hydrogen-bond donors (Lipinski definition) is 1. The zero-order chi connectivity index (χ0) is 17.3. The van der Waals surface area contributed by atoms with Crippen LogP contribution >= 0.6 is 11.6 Å². The van der Waals surface area contributed by atoms with Crippen LogP contribution < -0.4 is 5.73 Å². The Morgan fingerprint density at radius 3 is 2.54 bits per heavy atom. The SMILES string of the molecule is Nc1c(C(=O)c2ccc(F)cc2F)ccnc1-c1cccc(Cl)c1. The van der Waals surface area contributed by atoms with Crippen molar-refractivity contribution in [3.63, 3.8) is 0 Å². The zero-order valence-electron chi connectivity index (χ0n) is 12.3. The van der Waals surface area contributed by atoms with E-state index in [9.17, 15) is 13.6 Å². The molecule has 3 aromatic rings. The van der Waals surface area contributed by atoms with E-state index in [-0.39, 0.29) is 16.8 Å². The van der Waals surface area contributed by atoms with Gasteiger partial charge in [0.25, 0.3) is 0 Å². The van der Waals surface area contributed by atoms with Crippen LogP contribution in [-0.4, -0.2) is 10.8 Å². The third-order valence-electron chi connectivity index (χ3n) is 3.51. The van der Waals surface area contributed by atoms with Crippen molar-refractivity contribution in [2.45, 2.75) is 0 Å². The minimum absolute atomic E-state index is 0.0884. The van der Waals surface area contributed by atoms with E-state index in [1.54, 1.807) is 24.3 Å². The van der Waals surface area contributed by atoms with Gasteiger partial charge in [0.15, 0.2) is 5.78 Å². The molecule has 0 unspecified atom stereocenters. The molecule has 120 valence electrons. The van der Waals surface area contributed by atoms with E-state index in [0.717, 1.165) is 12.1 Å². The number of rotatable bonds is 3. The smallest absolute Gasteiger partial charge is 0.198 e. The van der Waals surface area contributed by atoms with E-state index in [4.69, 9.17) is 17.3 Å². The van der Waals surface area contributed by atoms with Crippen LogP contribution in [0.2, 0.25) is 5.02 Å². The van der Waals surface area contributed by atoms with Gasteiger partial charge in [-0.3, -0.25) is 9.78 Å². The van der Waals surface area contributed by atoms with Crippen LogP contribution in [0.4, 0.5) is 14.5 Å². The molecule has 3 nitrogen and oxygen atoms in total. The molecule has 1 heterocycles. The lowest BCUT2D eigenvalue weighted by Crippen LogP contribution is -2.09. The van der Waals surface area contributed by atoms with Gasteiger partial charge in [0.1, 0.15) is 11.6 Å². The fraction of sp³-hybridized carbons (Fsp3) is 0. The zero-order valence-corrected chi connectivity index (χ0v) is 13.0. The third kappa shape index (κ3) is 2.98. The molecule has 0 atom stereocenters. The van der Waals surface area contributed by atoms with Gasteiger partial charge in [-0.15, -0.1) is 0 Å². The van der Waals surface area contributed by atoms with Gasteiger partial charge < -0.3 is 5.73 Å². The number of nitrogens with zero attached hydrogens (tertiary/aromatic N) is 1. The van der Waals surface area contributed by atoms with Crippen LogP contribution in [0.5, 0.6) is 0 Å². The average Bonchev–Trinajstić information content (AvgIpc) is 2.54. The van der Waals surface area contributed by atoms with Crippen LogP contribution in [0, 0.1) is 11.6 Å². The van der Waals surface area contributed by atoms with Gasteiger partial charge in [-0.1, -0.05) is 23.7 Å². The van der Waals surface area contributed by atoms with Crippen molar-refractivity contribution in [2.24, 2.45) is 0 Å². The molecule has 6 heteroatoms. The van der Waals surface area contributed by atoms with Crippen LogP contribution in [0.1, 0.15) is 15.9 Å². The minimum atomic E-state index is -0.944. The lowest BCUT2D eigenvalue weighted by molar-refractivity contribution is 0.103. The Kier molecular flexibility index (Phi) is 4.27. The highest BCUT2D eigenvalue weighted by Crippen LogP contribution is 2.29. The van der Waals surface area contributed by atoms with Crippen molar-refractivity contribution in [1.82, 2.24) is 4.98 Å². The number of carbonyl (C=O) groups excluding carboxylic acids is 1. The molecule has 0 saturated carbocycles. The van der Waals surface area contributed by atoms with E-state index in [0.29, 0.717) is 22.3 Å². The maximum atomic E-state index is 13.9. The first kappa shape index (κ1) is 16.1. The number of benzene rings is 2. The van der Waals surface area contributed by atoms with Gasteiger partial charge in [-0.05, 0) is 30.3 Å². The first-order valence-electron chi connectivity index (χ1n) is 6.97. The lowest BCUT2D eigenvalue weighted by atomic mass is 9.99. The molecule has 0 spiro atoms. The molecule has 0 aliphatic carbocycles. The fourth-order valence-electron chi connectivity index (χ4n) is 2.36. The number of anilines is 1. The number of ketones is 1. The second kappa shape index (κ2) is 6.37. The van der Waals surface area contributed by atoms with E-state index < -0.39 is 17.4 Å². The highest BCUT2D eigenvalue weighted by Gasteiger charge is 2.19. The first-order valence-corrected chi connectivity index (χ1v) is 7.35. The Labute approximate surface area is 141 Å². The molecule has 0 amide bonds.